The summed E-state index contributed by atoms with van der Waals surface area (Å²) in [5, 5.41) is 3.48. The van der Waals surface area contributed by atoms with Crippen LogP contribution in [0.2, 0.25) is 0 Å². The van der Waals surface area contributed by atoms with Crippen molar-refractivity contribution >= 4 is 5.82 Å². The number of nitrogens with one attached hydrogen (secondary N) is 1. The van der Waals surface area contributed by atoms with Crippen LogP contribution >= 0.6 is 0 Å². The van der Waals surface area contributed by atoms with Crippen LogP contribution in [-0.4, -0.2) is 16.0 Å². The van der Waals surface area contributed by atoms with Gasteiger partial charge in [0.15, 0.2) is 0 Å². The van der Waals surface area contributed by atoms with Crippen molar-refractivity contribution in [3.63, 3.8) is 0 Å². The fourth-order valence-corrected chi connectivity index (χ4v) is 1.95. The smallest absolute Gasteiger partial charge is 0.147 e. The van der Waals surface area contributed by atoms with Gasteiger partial charge in [-0.15, -0.1) is 0 Å². The van der Waals surface area contributed by atoms with Crippen LogP contribution < -0.4 is 5.32 Å². The van der Waals surface area contributed by atoms with Crippen LogP contribution in [0.5, 0.6) is 0 Å². The summed E-state index contributed by atoms with van der Waals surface area (Å²) in [7, 11) is 0. The molecule has 1 aliphatic carbocycles. The maximum absolute atomic E-state index is 4.48. The molecule has 0 aromatic carbocycles. The predicted molar refractivity (Wildman–Crippen MR) is 61.9 cm³/mol. The third-order valence-corrected chi connectivity index (χ3v) is 3.30. The predicted octanol–water partition coefficient (Wildman–Crippen LogP) is 2.69. The number of aryl methyl sites for hydroxylation is 2. The van der Waals surface area contributed by atoms with Crippen molar-refractivity contribution in [2.75, 3.05) is 5.32 Å². The molecule has 1 heterocycles. The molecule has 1 aromatic rings. The topological polar surface area (TPSA) is 37.8 Å². The van der Waals surface area contributed by atoms with Gasteiger partial charge in [-0.2, -0.15) is 0 Å². The highest BCUT2D eigenvalue weighted by Crippen LogP contribution is 2.30. The number of nitrogens with zero attached hydrogens (tertiary/aromatic N) is 2. The van der Waals surface area contributed by atoms with Crippen LogP contribution in [0, 0.1) is 19.8 Å². The quantitative estimate of drug-likeness (QED) is 0.824. The van der Waals surface area contributed by atoms with Gasteiger partial charge in [0, 0.05) is 12.2 Å². The Labute approximate surface area is 91.3 Å². The van der Waals surface area contributed by atoms with Crippen LogP contribution in [0.3, 0.4) is 0 Å². The molecular formula is C12H19N3. The molecular weight excluding hydrogens is 186 g/mol. The average molecular weight is 205 g/mol. The van der Waals surface area contributed by atoms with E-state index in [0.717, 1.165) is 23.1 Å². The van der Waals surface area contributed by atoms with Gasteiger partial charge in [-0.3, -0.25) is 4.98 Å². The zero-order chi connectivity index (χ0) is 10.8. The molecule has 1 aromatic heterocycles. The lowest BCUT2D eigenvalue weighted by atomic mass is 9.80. The molecule has 0 radical (unpaired) electrons. The maximum atomic E-state index is 4.48. The Kier molecular flexibility index (Phi) is 2.89. The lowest BCUT2D eigenvalue weighted by Crippen LogP contribution is -2.31. The van der Waals surface area contributed by atoms with Crippen molar-refractivity contribution in [1.82, 2.24) is 9.97 Å². The molecule has 15 heavy (non-hydrogen) atoms. The molecule has 1 aliphatic rings. The van der Waals surface area contributed by atoms with Gasteiger partial charge in [-0.1, -0.05) is 6.42 Å². The standard InChI is InChI=1S/C12H19N3/c1-8-7-13-10(3)12(14-8)15-9(2)11-5-4-6-11/h7,9,11H,4-6H2,1-3H3,(H,14,15). The van der Waals surface area contributed by atoms with E-state index in [1.54, 1.807) is 0 Å². The van der Waals surface area contributed by atoms with Crippen molar-refractivity contribution in [3.05, 3.63) is 17.6 Å². The largest absolute Gasteiger partial charge is 0.366 e. The van der Waals surface area contributed by atoms with Crippen LogP contribution in [0.4, 0.5) is 5.82 Å². The summed E-state index contributed by atoms with van der Waals surface area (Å²) >= 11 is 0. The van der Waals surface area contributed by atoms with Gasteiger partial charge in [-0.05, 0) is 39.5 Å². The van der Waals surface area contributed by atoms with E-state index in [4.69, 9.17) is 0 Å². The fourth-order valence-electron chi connectivity index (χ4n) is 1.95. The Bertz CT molecular complexity index is 345. The summed E-state index contributed by atoms with van der Waals surface area (Å²) in [4.78, 5) is 8.79. The minimum Gasteiger partial charge on any atom is -0.366 e. The Balaban J connectivity index is 2.05. The highest BCUT2D eigenvalue weighted by molar-refractivity contribution is 5.40. The van der Waals surface area contributed by atoms with Gasteiger partial charge in [0.05, 0.1) is 11.4 Å². The lowest BCUT2D eigenvalue weighted by Gasteiger charge is -2.32. The number of rotatable bonds is 3. The van der Waals surface area contributed by atoms with Crippen LogP contribution in [0.15, 0.2) is 6.20 Å². The first-order valence-electron chi connectivity index (χ1n) is 5.73. The first kappa shape index (κ1) is 10.4. The summed E-state index contributed by atoms with van der Waals surface area (Å²) in [5.74, 6) is 1.78. The Morgan fingerprint density at radius 1 is 1.40 bits per heavy atom. The normalized spacial score (nSPS) is 18.3. The molecule has 0 aliphatic heterocycles. The first-order chi connectivity index (χ1) is 7.16. The molecule has 1 unspecified atom stereocenters. The second-order valence-electron chi connectivity index (χ2n) is 4.57. The van der Waals surface area contributed by atoms with Crippen LogP contribution in [0.1, 0.15) is 37.6 Å². The van der Waals surface area contributed by atoms with Crippen molar-refractivity contribution < 1.29 is 0 Å². The molecule has 1 atom stereocenters. The fraction of sp³-hybridized carbons (Fsp3) is 0.667. The Morgan fingerprint density at radius 2 is 2.13 bits per heavy atom. The van der Waals surface area contributed by atoms with E-state index in [-0.39, 0.29) is 0 Å². The van der Waals surface area contributed by atoms with Gasteiger partial charge in [0.1, 0.15) is 5.82 Å². The number of hydrogen-bond acceptors (Lipinski definition) is 3. The molecule has 2 rings (SSSR count). The zero-order valence-electron chi connectivity index (χ0n) is 9.75. The third kappa shape index (κ3) is 2.28. The van der Waals surface area contributed by atoms with Crippen molar-refractivity contribution in [1.29, 1.82) is 0 Å². The molecule has 1 fully saturated rings. The molecule has 1 N–H and O–H groups in total. The minimum atomic E-state index is 0.522. The molecule has 3 nitrogen and oxygen atoms in total. The molecule has 3 heteroatoms. The first-order valence-corrected chi connectivity index (χ1v) is 5.73. The van der Waals surface area contributed by atoms with Crippen molar-refractivity contribution in [2.24, 2.45) is 5.92 Å². The van der Waals surface area contributed by atoms with Crippen molar-refractivity contribution in [3.8, 4) is 0 Å². The Hall–Kier alpha value is -1.12. The van der Waals surface area contributed by atoms with Crippen LogP contribution in [0.25, 0.3) is 0 Å². The lowest BCUT2D eigenvalue weighted by molar-refractivity contribution is 0.284. The van der Waals surface area contributed by atoms with Gasteiger partial charge < -0.3 is 5.32 Å². The number of aromatic nitrogens is 2. The van der Waals surface area contributed by atoms with E-state index >= 15 is 0 Å². The second-order valence-corrected chi connectivity index (χ2v) is 4.57. The van der Waals surface area contributed by atoms with Gasteiger partial charge >= 0.3 is 0 Å². The zero-order valence-corrected chi connectivity index (χ0v) is 9.75. The molecule has 0 spiro atoms. The minimum absolute atomic E-state index is 0.522. The van der Waals surface area contributed by atoms with E-state index < -0.39 is 0 Å². The van der Waals surface area contributed by atoms with E-state index in [9.17, 15) is 0 Å². The average Bonchev–Trinajstić information content (AvgIpc) is 2.08. The van der Waals surface area contributed by atoms with E-state index in [1.807, 2.05) is 20.0 Å². The summed E-state index contributed by atoms with van der Waals surface area (Å²) in [5.41, 5.74) is 1.97. The number of anilines is 1. The SMILES string of the molecule is Cc1cnc(C)c(NC(C)C2CCC2)n1. The molecule has 1 saturated carbocycles. The van der Waals surface area contributed by atoms with Gasteiger partial charge in [-0.25, -0.2) is 4.98 Å². The van der Waals surface area contributed by atoms with Gasteiger partial charge in [0.25, 0.3) is 0 Å². The van der Waals surface area contributed by atoms with E-state index in [2.05, 4.69) is 22.2 Å². The summed E-state index contributed by atoms with van der Waals surface area (Å²) in [6, 6.07) is 0.522. The van der Waals surface area contributed by atoms with Crippen molar-refractivity contribution in [2.45, 2.75) is 46.1 Å². The third-order valence-electron chi connectivity index (χ3n) is 3.30. The molecule has 82 valence electrons. The summed E-state index contributed by atoms with van der Waals surface area (Å²) in [6.07, 6.45) is 5.91. The maximum Gasteiger partial charge on any atom is 0.147 e. The summed E-state index contributed by atoms with van der Waals surface area (Å²) < 4.78 is 0. The highest BCUT2D eigenvalue weighted by Gasteiger charge is 2.24. The monoisotopic (exact) mass is 205 g/mol. The van der Waals surface area contributed by atoms with Gasteiger partial charge in [0.2, 0.25) is 0 Å². The highest BCUT2D eigenvalue weighted by atomic mass is 15.0. The van der Waals surface area contributed by atoms with E-state index in [1.165, 1.54) is 19.3 Å². The molecule has 0 saturated heterocycles. The molecule has 0 amide bonds. The van der Waals surface area contributed by atoms with E-state index in [0.29, 0.717) is 6.04 Å². The Morgan fingerprint density at radius 3 is 2.73 bits per heavy atom. The number of hydrogen-bond donors (Lipinski definition) is 1. The second kappa shape index (κ2) is 4.17. The van der Waals surface area contributed by atoms with Crippen LogP contribution in [-0.2, 0) is 0 Å². The molecule has 0 bridgehead atoms. The summed E-state index contributed by atoms with van der Waals surface area (Å²) in [6.45, 7) is 6.22.